The molecule has 2 aromatic rings. The van der Waals surface area contributed by atoms with E-state index in [1.165, 1.54) is 26.1 Å². The minimum absolute atomic E-state index is 0.0794. The number of piperidine rings is 4. The summed E-state index contributed by atoms with van der Waals surface area (Å²) in [6, 6.07) is 11.9. The lowest BCUT2D eigenvalue weighted by molar-refractivity contribution is -0.139. The molecule has 0 bridgehead atoms. The van der Waals surface area contributed by atoms with Crippen molar-refractivity contribution >= 4 is 69.5 Å². The number of anilines is 1. The monoisotopic (exact) mass is 1070 g/mol. The van der Waals surface area contributed by atoms with Crippen LogP contribution < -0.4 is 21.3 Å². The number of allylic oxidation sites excluding steroid dienone is 3. The number of hydrogen-bond acceptors (Lipinski definition) is 13. The van der Waals surface area contributed by atoms with Gasteiger partial charge in [0.1, 0.15) is 16.8 Å². The third kappa shape index (κ3) is 17.1. The van der Waals surface area contributed by atoms with Crippen molar-refractivity contribution in [1.82, 2.24) is 25.3 Å². The molecule has 4 amide bonds. The summed E-state index contributed by atoms with van der Waals surface area (Å²) in [5.41, 5.74) is 8.63. The molecule has 4 aliphatic heterocycles. The van der Waals surface area contributed by atoms with Crippen LogP contribution in [0.1, 0.15) is 108 Å². The van der Waals surface area contributed by atoms with Gasteiger partial charge in [0.15, 0.2) is 15.7 Å². The van der Waals surface area contributed by atoms with Gasteiger partial charge in [0, 0.05) is 49.5 Å². The number of aliphatic imine (C=N–C) groups is 2. The van der Waals surface area contributed by atoms with Gasteiger partial charge in [0.2, 0.25) is 18.2 Å². The minimum Gasteiger partial charge on any atom is -0.489 e. The lowest BCUT2D eigenvalue weighted by Crippen LogP contribution is -2.53. The van der Waals surface area contributed by atoms with Crippen molar-refractivity contribution in [2.24, 2.45) is 27.6 Å². The maximum Gasteiger partial charge on any atom is 0.261 e. The number of amidine groups is 1. The van der Waals surface area contributed by atoms with Gasteiger partial charge >= 0.3 is 0 Å². The molecule has 1 unspecified atom stereocenters. The third-order valence-corrected chi connectivity index (χ3v) is 16.6. The molecule has 6 rings (SSSR count). The summed E-state index contributed by atoms with van der Waals surface area (Å²) >= 11 is 6.75. The quantitative estimate of drug-likeness (QED) is 0.0231. The van der Waals surface area contributed by atoms with Crippen molar-refractivity contribution in [1.29, 1.82) is 0 Å². The number of ether oxygens (including phenoxy) is 1. The first-order chi connectivity index (χ1) is 35.9. The van der Waals surface area contributed by atoms with Crippen molar-refractivity contribution in [3.8, 4) is 0 Å². The molecule has 0 spiro atoms. The number of nitrogens with two attached hydrogens (primary N) is 1. The number of para-hydroxylation sites is 1. The van der Waals surface area contributed by atoms with E-state index in [0.717, 1.165) is 99.6 Å². The summed E-state index contributed by atoms with van der Waals surface area (Å²) < 4.78 is 32.9. The van der Waals surface area contributed by atoms with Crippen LogP contribution in [-0.2, 0) is 29.0 Å². The number of imide groups is 2. The highest BCUT2D eigenvalue weighted by Gasteiger charge is 2.36. The molecule has 18 heteroatoms. The zero-order valence-electron chi connectivity index (χ0n) is 45.4. The van der Waals surface area contributed by atoms with Gasteiger partial charge in [0.05, 0.1) is 27.6 Å². The summed E-state index contributed by atoms with van der Waals surface area (Å²) in [4.78, 5) is 66.7. The van der Waals surface area contributed by atoms with Crippen LogP contribution in [0.25, 0.3) is 0 Å². The molecule has 0 aliphatic carbocycles. The first-order valence-electron chi connectivity index (χ1n) is 26.1. The molecule has 2 aromatic carbocycles. The van der Waals surface area contributed by atoms with Crippen LogP contribution in [0.4, 0.5) is 11.4 Å². The van der Waals surface area contributed by atoms with Gasteiger partial charge in [-0.05, 0) is 193 Å². The van der Waals surface area contributed by atoms with Crippen molar-refractivity contribution < 1.29 is 32.3 Å². The number of hydrogen-bond donors (Lipinski definition) is 3. The van der Waals surface area contributed by atoms with Gasteiger partial charge in [0.25, 0.3) is 5.91 Å². The zero-order valence-corrected chi connectivity index (χ0v) is 46.9. The Morgan fingerprint density at radius 1 is 0.960 bits per heavy atom. The molecule has 1 atom stereocenters. The number of nitrogens with zero attached hydrogens (tertiary/aromatic N) is 6. The summed E-state index contributed by atoms with van der Waals surface area (Å²) in [5.74, 6) is 0.266. The number of aryl methyl sites for hydroxylation is 1. The average molecular weight is 1070 g/mol. The Morgan fingerprint density at radius 2 is 1.60 bits per heavy atom. The molecule has 0 aromatic heterocycles. The average Bonchev–Trinajstić information content (AvgIpc) is 3.40. The molecular formula is C57H82ClN9O7S. The van der Waals surface area contributed by atoms with Gasteiger partial charge < -0.3 is 30.5 Å². The number of amides is 4. The maximum atomic E-state index is 13.4. The number of rotatable bonds is 19. The number of sulfone groups is 1. The molecule has 410 valence electrons. The Kier molecular flexibility index (Phi) is 24.8. The van der Waals surface area contributed by atoms with Gasteiger partial charge in [-0.25, -0.2) is 13.4 Å². The van der Waals surface area contributed by atoms with E-state index in [9.17, 15) is 27.6 Å². The van der Waals surface area contributed by atoms with E-state index in [0.29, 0.717) is 41.3 Å². The topological polar surface area (TPSA) is 199 Å². The van der Waals surface area contributed by atoms with Crippen LogP contribution in [0, 0.1) is 18.8 Å². The van der Waals surface area contributed by atoms with E-state index in [-0.39, 0.29) is 40.4 Å². The van der Waals surface area contributed by atoms with Crippen molar-refractivity contribution in [2.45, 2.75) is 128 Å². The lowest BCUT2D eigenvalue weighted by Gasteiger charge is -2.43. The SMILES string of the molecule is C=C.C=C/C(OC(C)C)=C(\C=C(\C)CC1CCN(C2CCN(CC3CCN(c4ccc(C(=O)N(C=O)C5CCC(=O)NC5=O)c(C)c4)CC3)CC2)CC1)NC(=Nc1ccccc1S(=O)(=O)C(C)C)/C(Cl)=C\N=C.CN. The molecule has 4 aliphatic rings. The van der Waals surface area contributed by atoms with Crippen LogP contribution in [0.3, 0.4) is 0 Å². The second-order valence-electron chi connectivity index (χ2n) is 19.9. The number of benzene rings is 2. The molecule has 4 fully saturated rings. The van der Waals surface area contributed by atoms with E-state index in [1.54, 1.807) is 50.3 Å². The zero-order chi connectivity index (χ0) is 55.4. The highest BCUT2D eigenvalue weighted by molar-refractivity contribution is 7.92. The maximum absolute atomic E-state index is 13.4. The van der Waals surface area contributed by atoms with Crippen LogP contribution in [-0.4, -0.2) is 136 Å². The molecule has 75 heavy (non-hydrogen) atoms. The van der Waals surface area contributed by atoms with Gasteiger partial charge in [-0.3, -0.25) is 34.4 Å². The molecule has 4 N–H and O–H groups in total. The highest BCUT2D eigenvalue weighted by Crippen LogP contribution is 2.32. The predicted octanol–water partition coefficient (Wildman–Crippen LogP) is 8.61. The van der Waals surface area contributed by atoms with Gasteiger partial charge in [-0.15, -0.1) is 13.2 Å². The first kappa shape index (κ1) is 61.8. The number of halogens is 1. The standard InChI is InChI=1S/C54H73ClN8O7S.C2H4.CH5N/c1-9-49(70-36(2)3)47(58-52(45(55)33-56-8)57-46-12-10-11-13-50(46)71(68,69)37(4)5)31-38(6)30-40-18-26-61(27-19-40)42-22-24-60(25-23-42)34-41-20-28-62(29-21-41)43-14-15-44(39(7)32-43)54(67)63(35-64)48-16-17-51(65)59-53(48)66;2*1-2/h9-15,31-33,35-37,40-42,48H,1,8,16-30,34H2,2-7H3,(H,57,58)(H,59,65,66);1-2H2;2H2,1H3/b38-31-,45-33+,49-47-;;. The number of likely N-dealkylation sites (tertiary alicyclic amines) is 2. The van der Waals surface area contributed by atoms with Crippen molar-refractivity contribution in [2.75, 3.05) is 57.8 Å². The predicted molar refractivity (Wildman–Crippen MR) is 304 cm³/mol. The van der Waals surface area contributed by atoms with E-state index in [2.05, 4.69) is 69.4 Å². The Bertz CT molecular complexity index is 2540. The van der Waals surface area contributed by atoms with E-state index < -0.39 is 38.9 Å². The summed E-state index contributed by atoms with van der Waals surface area (Å²) in [5, 5.41) is 5.07. The van der Waals surface area contributed by atoms with Crippen LogP contribution in [0.15, 0.2) is 117 Å². The Morgan fingerprint density at radius 3 is 2.17 bits per heavy atom. The second-order valence-corrected chi connectivity index (χ2v) is 22.8. The normalized spacial score (nSPS) is 19.5. The Balaban J connectivity index is 0.00000297. The smallest absolute Gasteiger partial charge is 0.261 e. The van der Waals surface area contributed by atoms with E-state index >= 15 is 0 Å². The highest BCUT2D eigenvalue weighted by atomic mass is 35.5. The summed E-state index contributed by atoms with van der Waals surface area (Å²) in [6.07, 6.45) is 13.1. The molecule has 0 radical (unpaired) electrons. The number of nitrogens with one attached hydrogen (secondary N) is 2. The largest absolute Gasteiger partial charge is 0.489 e. The number of carbonyl (C=O) groups excluding carboxylic acids is 4. The summed E-state index contributed by atoms with van der Waals surface area (Å²) in [7, 11) is -2.16. The molecule has 16 nitrogen and oxygen atoms in total. The molecule has 4 heterocycles. The van der Waals surface area contributed by atoms with Crippen molar-refractivity contribution in [3.05, 3.63) is 114 Å². The van der Waals surface area contributed by atoms with Crippen LogP contribution in [0.2, 0.25) is 0 Å². The molecular weight excluding hydrogens is 990 g/mol. The Labute approximate surface area is 451 Å². The fourth-order valence-electron chi connectivity index (χ4n) is 10.1. The fourth-order valence-corrected chi connectivity index (χ4v) is 11.5. The summed E-state index contributed by atoms with van der Waals surface area (Å²) in [6.45, 7) is 32.1. The van der Waals surface area contributed by atoms with Crippen LogP contribution >= 0.6 is 11.6 Å². The van der Waals surface area contributed by atoms with Crippen molar-refractivity contribution in [3.63, 3.8) is 0 Å². The Hall–Kier alpha value is -5.72. The first-order valence-corrected chi connectivity index (χ1v) is 28.1. The van der Waals surface area contributed by atoms with E-state index in [4.69, 9.17) is 21.3 Å². The molecule has 0 saturated carbocycles. The fraction of sp³-hybridized carbons (Fsp3) is 0.509. The van der Waals surface area contributed by atoms with Gasteiger partial charge in [-0.1, -0.05) is 35.9 Å². The number of carbonyl (C=O) groups is 4. The third-order valence-electron chi connectivity index (χ3n) is 14.1. The molecule has 4 saturated heterocycles. The lowest BCUT2D eigenvalue weighted by atomic mass is 9.88. The minimum atomic E-state index is -3.66. The van der Waals surface area contributed by atoms with Gasteiger partial charge in [-0.2, -0.15) is 0 Å². The van der Waals surface area contributed by atoms with E-state index in [1.807, 2.05) is 39.0 Å². The second kappa shape index (κ2) is 30.1. The van der Waals surface area contributed by atoms with Crippen LogP contribution in [0.5, 0.6) is 0 Å².